The van der Waals surface area contributed by atoms with Crippen molar-refractivity contribution in [3.63, 3.8) is 0 Å². The molecule has 2 aromatic rings. The van der Waals surface area contributed by atoms with E-state index < -0.39 is 35.2 Å². The molecule has 0 spiro atoms. The summed E-state index contributed by atoms with van der Waals surface area (Å²) >= 11 is 0. The summed E-state index contributed by atoms with van der Waals surface area (Å²) in [6.07, 6.45) is 0.453. The second-order valence-electron chi connectivity index (χ2n) is 9.93. The Kier molecular flexibility index (Phi) is 9.54. The Morgan fingerprint density at radius 2 is 1.81 bits per heavy atom. The van der Waals surface area contributed by atoms with Gasteiger partial charge in [0.15, 0.2) is 0 Å². The van der Waals surface area contributed by atoms with Crippen molar-refractivity contribution >= 4 is 30.4 Å². The first-order chi connectivity index (χ1) is 16.9. The number of nitrogens with one attached hydrogen (secondary N) is 1. The molecule has 10 heteroatoms. The van der Waals surface area contributed by atoms with Crippen LogP contribution in [0.4, 0.5) is 4.79 Å². The first-order valence-corrected chi connectivity index (χ1v) is 11.7. The molecule has 9 nitrogen and oxygen atoms in total. The van der Waals surface area contributed by atoms with Crippen LogP contribution in [0.15, 0.2) is 48.5 Å². The number of likely N-dealkylation sites (tertiary alicyclic amines) is 1. The van der Waals surface area contributed by atoms with Gasteiger partial charge in [0.2, 0.25) is 5.91 Å². The average Bonchev–Trinajstić information content (AvgIpc) is 3.22. The SMILES string of the molecule is CC(C)(C)OC(=O)N1CCC[C@@]1(C)C(=O)N[C@@H](Cc1ccc(Oc2ccccc2C#N)cc1)C(=O)O.Cl. The summed E-state index contributed by atoms with van der Waals surface area (Å²) in [5.41, 5.74) is -0.852. The zero-order valence-corrected chi connectivity index (χ0v) is 22.1. The number of hydrogen-bond acceptors (Lipinski definition) is 6. The molecule has 0 radical (unpaired) electrons. The highest BCUT2D eigenvalue weighted by Crippen LogP contribution is 2.31. The Morgan fingerprint density at radius 1 is 1.16 bits per heavy atom. The molecule has 0 aliphatic carbocycles. The van der Waals surface area contributed by atoms with E-state index in [0.29, 0.717) is 42.0 Å². The third-order valence-corrected chi connectivity index (χ3v) is 5.95. The largest absolute Gasteiger partial charge is 0.480 e. The molecule has 2 aromatic carbocycles. The van der Waals surface area contributed by atoms with Crippen LogP contribution in [0.3, 0.4) is 0 Å². The minimum Gasteiger partial charge on any atom is -0.480 e. The molecule has 0 saturated carbocycles. The third-order valence-electron chi connectivity index (χ3n) is 5.95. The van der Waals surface area contributed by atoms with Crippen LogP contribution in [0.2, 0.25) is 0 Å². The van der Waals surface area contributed by atoms with E-state index in [1.807, 2.05) is 0 Å². The van der Waals surface area contributed by atoms with E-state index in [9.17, 15) is 24.8 Å². The quantitative estimate of drug-likeness (QED) is 0.533. The van der Waals surface area contributed by atoms with Gasteiger partial charge in [0.1, 0.15) is 34.8 Å². The number of para-hydroxylation sites is 1. The number of hydrogen-bond donors (Lipinski definition) is 2. The van der Waals surface area contributed by atoms with Gasteiger partial charge in [-0.25, -0.2) is 9.59 Å². The maximum atomic E-state index is 13.2. The molecule has 198 valence electrons. The van der Waals surface area contributed by atoms with Gasteiger partial charge in [-0.05, 0) is 70.4 Å². The predicted octanol–water partition coefficient (Wildman–Crippen LogP) is 4.67. The number of carbonyl (C=O) groups is 3. The van der Waals surface area contributed by atoms with Gasteiger partial charge in [-0.2, -0.15) is 5.26 Å². The van der Waals surface area contributed by atoms with Gasteiger partial charge in [0, 0.05) is 13.0 Å². The summed E-state index contributed by atoms with van der Waals surface area (Å²) in [5.74, 6) is -0.810. The number of carbonyl (C=O) groups excluding carboxylic acids is 2. The van der Waals surface area contributed by atoms with Gasteiger partial charge >= 0.3 is 12.1 Å². The number of nitrogens with zero attached hydrogens (tertiary/aromatic N) is 2. The second-order valence-corrected chi connectivity index (χ2v) is 9.93. The topological polar surface area (TPSA) is 129 Å². The van der Waals surface area contributed by atoms with Gasteiger partial charge in [-0.3, -0.25) is 9.69 Å². The Balaban J connectivity index is 0.00000481. The summed E-state index contributed by atoms with van der Waals surface area (Å²) in [6.45, 7) is 7.22. The minimum absolute atomic E-state index is 0. The molecule has 1 aliphatic heterocycles. The Morgan fingerprint density at radius 3 is 2.41 bits per heavy atom. The Labute approximate surface area is 222 Å². The lowest BCUT2D eigenvalue weighted by Gasteiger charge is -2.35. The van der Waals surface area contributed by atoms with E-state index in [1.54, 1.807) is 76.2 Å². The maximum absolute atomic E-state index is 13.2. The van der Waals surface area contributed by atoms with E-state index in [1.165, 1.54) is 4.90 Å². The van der Waals surface area contributed by atoms with Crippen molar-refractivity contribution in [2.45, 2.75) is 64.1 Å². The minimum atomic E-state index is -1.21. The van der Waals surface area contributed by atoms with Crippen molar-refractivity contribution in [2.75, 3.05) is 6.54 Å². The molecule has 2 amide bonds. The highest BCUT2D eigenvalue weighted by molar-refractivity contribution is 5.93. The van der Waals surface area contributed by atoms with Crippen molar-refractivity contribution in [2.24, 2.45) is 0 Å². The maximum Gasteiger partial charge on any atom is 0.411 e. The zero-order valence-electron chi connectivity index (χ0n) is 21.3. The van der Waals surface area contributed by atoms with Crippen LogP contribution in [0, 0.1) is 11.3 Å². The summed E-state index contributed by atoms with van der Waals surface area (Å²) in [7, 11) is 0. The molecular formula is C27H32ClN3O6. The van der Waals surface area contributed by atoms with Crippen LogP contribution in [0.1, 0.15) is 51.7 Å². The van der Waals surface area contributed by atoms with Gasteiger partial charge in [0.25, 0.3) is 0 Å². The van der Waals surface area contributed by atoms with Crippen LogP contribution in [0.25, 0.3) is 0 Å². The Bertz CT molecular complexity index is 1170. The lowest BCUT2D eigenvalue weighted by molar-refractivity contribution is -0.143. The van der Waals surface area contributed by atoms with Gasteiger partial charge < -0.3 is 19.9 Å². The van der Waals surface area contributed by atoms with Crippen molar-refractivity contribution in [1.29, 1.82) is 5.26 Å². The summed E-state index contributed by atoms with van der Waals surface area (Å²) < 4.78 is 11.2. The normalized spacial score (nSPS) is 17.6. The molecule has 2 N–H and O–H groups in total. The summed E-state index contributed by atoms with van der Waals surface area (Å²) in [5, 5.41) is 21.6. The standard InChI is InChI=1S/C27H31N3O6.ClH/c1-26(2,3)36-25(34)30-15-7-14-27(30,4)24(33)29-21(23(31)32)16-18-10-12-20(13-11-18)35-22-9-6-5-8-19(22)17-28;/h5-6,8-13,21H,7,14-16H2,1-4H3,(H,29,33)(H,31,32);1H/t21-,27-;/m0./s1. The van der Waals surface area contributed by atoms with E-state index in [-0.39, 0.29) is 18.8 Å². The third kappa shape index (κ3) is 7.37. The molecule has 1 heterocycles. The number of halogens is 1. The molecule has 0 aromatic heterocycles. The number of carboxylic acids is 1. The fraction of sp³-hybridized carbons (Fsp3) is 0.407. The van der Waals surface area contributed by atoms with Crippen LogP contribution in [-0.2, 0) is 20.7 Å². The lowest BCUT2D eigenvalue weighted by Crippen LogP contribution is -2.59. The van der Waals surface area contributed by atoms with Crippen molar-refractivity contribution < 1.29 is 29.0 Å². The highest BCUT2D eigenvalue weighted by Gasteiger charge is 2.48. The lowest BCUT2D eigenvalue weighted by atomic mass is 9.96. The number of carboxylic acid groups (broad SMARTS) is 1. The number of ether oxygens (including phenoxy) is 2. The zero-order chi connectivity index (χ0) is 26.5. The fourth-order valence-electron chi connectivity index (χ4n) is 4.03. The number of rotatable bonds is 7. The molecule has 1 saturated heterocycles. The first-order valence-electron chi connectivity index (χ1n) is 11.7. The van der Waals surface area contributed by atoms with Crippen LogP contribution < -0.4 is 10.1 Å². The number of nitriles is 1. The van der Waals surface area contributed by atoms with E-state index in [0.717, 1.165) is 0 Å². The highest BCUT2D eigenvalue weighted by atomic mass is 35.5. The fourth-order valence-corrected chi connectivity index (χ4v) is 4.03. The van der Waals surface area contributed by atoms with E-state index in [2.05, 4.69) is 11.4 Å². The Hall–Kier alpha value is -3.77. The number of amides is 2. The molecule has 0 bridgehead atoms. The van der Waals surface area contributed by atoms with E-state index in [4.69, 9.17) is 9.47 Å². The molecule has 1 fully saturated rings. The number of aliphatic carboxylic acids is 1. The molecule has 1 aliphatic rings. The summed E-state index contributed by atoms with van der Waals surface area (Å²) in [4.78, 5) is 39.2. The summed E-state index contributed by atoms with van der Waals surface area (Å²) in [6, 6.07) is 14.5. The molecule has 37 heavy (non-hydrogen) atoms. The first kappa shape index (κ1) is 29.5. The smallest absolute Gasteiger partial charge is 0.411 e. The van der Waals surface area contributed by atoms with Crippen LogP contribution in [0.5, 0.6) is 11.5 Å². The van der Waals surface area contributed by atoms with Gasteiger partial charge in [-0.1, -0.05) is 24.3 Å². The molecule has 3 rings (SSSR count). The molecule has 0 unspecified atom stereocenters. The van der Waals surface area contributed by atoms with Crippen LogP contribution >= 0.6 is 12.4 Å². The van der Waals surface area contributed by atoms with Crippen molar-refractivity contribution in [1.82, 2.24) is 10.2 Å². The molecule has 2 atom stereocenters. The van der Waals surface area contributed by atoms with E-state index >= 15 is 0 Å². The van der Waals surface area contributed by atoms with Gasteiger partial charge in [0.05, 0.1) is 5.56 Å². The van der Waals surface area contributed by atoms with Crippen molar-refractivity contribution in [3.8, 4) is 17.6 Å². The molecular weight excluding hydrogens is 498 g/mol. The van der Waals surface area contributed by atoms with Gasteiger partial charge in [-0.15, -0.1) is 12.4 Å². The van der Waals surface area contributed by atoms with Crippen LogP contribution in [-0.4, -0.2) is 51.7 Å². The monoisotopic (exact) mass is 529 g/mol. The van der Waals surface area contributed by atoms with Crippen molar-refractivity contribution in [3.05, 3.63) is 59.7 Å². The average molecular weight is 530 g/mol. The number of benzene rings is 2. The predicted molar refractivity (Wildman–Crippen MR) is 139 cm³/mol. The second kappa shape index (κ2) is 12.0.